The summed E-state index contributed by atoms with van der Waals surface area (Å²) in [6, 6.07) is 11.0. The van der Waals surface area contributed by atoms with E-state index in [-0.39, 0.29) is 48.6 Å². The molecule has 278 valence electrons. The molecular formula is C32H45N2O14PS. The van der Waals surface area contributed by atoms with Crippen molar-refractivity contribution in [2.75, 3.05) is 39.8 Å². The number of aliphatic hydroxyl groups excluding tert-OH is 1. The zero-order valence-electron chi connectivity index (χ0n) is 28.2. The van der Waals surface area contributed by atoms with Crippen molar-refractivity contribution in [2.24, 2.45) is 11.8 Å². The van der Waals surface area contributed by atoms with Gasteiger partial charge in [0.25, 0.3) is 0 Å². The van der Waals surface area contributed by atoms with Crippen LogP contribution in [0.5, 0.6) is 11.5 Å². The molecule has 4 N–H and O–H groups in total. The van der Waals surface area contributed by atoms with Crippen molar-refractivity contribution < 1.29 is 65.9 Å². The largest absolute Gasteiger partial charge is 0.497 e. The molecule has 16 nitrogen and oxygen atoms in total. The zero-order valence-corrected chi connectivity index (χ0v) is 30.0. The maximum atomic E-state index is 13.8. The van der Waals surface area contributed by atoms with Crippen LogP contribution in [-0.4, -0.2) is 110 Å². The number of amides is 1. The summed E-state index contributed by atoms with van der Waals surface area (Å²) >= 11 is 0. The van der Waals surface area contributed by atoms with Gasteiger partial charge < -0.3 is 44.1 Å². The van der Waals surface area contributed by atoms with E-state index in [4.69, 9.17) is 28.8 Å². The van der Waals surface area contributed by atoms with Gasteiger partial charge in [0.15, 0.2) is 18.7 Å². The van der Waals surface area contributed by atoms with Gasteiger partial charge in [-0.05, 0) is 67.6 Å². The summed E-state index contributed by atoms with van der Waals surface area (Å²) in [6.07, 6.45) is -4.86. The quantitative estimate of drug-likeness (QED) is 0.162. The highest BCUT2D eigenvalue weighted by atomic mass is 32.2. The second-order valence-corrected chi connectivity index (χ2v) is 16.2. The number of aliphatic hydroxyl groups is 1. The molecule has 2 fully saturated rings. The van der Waals surface area contributed by atoms with Gasteiger partial charge in [-0.25, -0.2) is 18.0 Å². The minimum Gasteiger partial charge on any atom is -0.497 e. The van der Waals surface area contributed by atoms with Gasteiger partial charge in [0.05, 0.1) is 43.3 Å². The van der Waals surface area contributed by atoms with Crippen molar-refractivity contribution in [2.45, 2.75) is 69.2 Å². The van der Waals surface area contributed by atoms with Crippen LogP contribution in [0.1, 0.15) is 32.8 Å². The number of carbonyl (C=O) groups is 2. The van der Waals surface area contributed by atoms with Crippen LogP contribution in [0.15, 0.2) is 53.4 Å². The van der Waals surface area contributed by atoms with E-state index in [0.29, 0.717) is 24.3 Å². The number of ether oxygens (including phenoxy) is 5. The number of nitrogens with zero attached hydrogens (tertiary/aromatic N) is 1. The fourth-order valence-electron chi connectivity index (χ4n) is 5.52. The molecule has 0 aliphatic carbocycles. The molecule has 1 unspecified atom stereocenters. The Balaban J connectivity index is 1.50. The van der Waals surface area contributed by atoms with E-state index < -0.39 is 66.7 Å². The molecule has 1 amide bonds. The van der Waals surface area contributed by atoms with E-state index in [1.54, 1.807) is 12.1 Å². The molecule has 4 rings (SSSR count). The second kappa shape index (κ2) is 17.3. The van der Waals surface area contributed by atoms with Crippen molar-refractivity contribution in [3.63, 3.8) is 0 Å². The lowest BCUT2D eigenvalue weighted by Crippen LogP contribution is -2.51. The summed E-state index contributed by atoms with van der Waals surface area (Å²) < 4.78 is 72.8. The molecule has 18 heteroatoms. The first kappa shape index (κ1) is 39.5. The Morgan fingerprint density at radius 3 is 2.32 bits per heavy atom. The number of carbonyl (C=O) groups excluding carboxylic acids is 1. The summed E-state index contributed by atoms with van der Waals surface area (Å²) in [4.78, 5) is 34.1. The monoisotopic (exact) mass is 744 g/mol. The molecule has 0 aromatic heterocycles. The Hall–Kier alpha value is -3.28. The minimum absolute atomic E-state index is 0.00970. The third-order valence-corrected chi connectivity index (χ3v) is 11.1. The Morgan fingerprint density at radius 2 is 1.70 bits per heavy atom. The molecule has 0 radical (unpaired) electrons. The van der Waals surface area contributed by atoms with Crippen LogP contribution in [0.3, 0.4) is 0 Å². The van der Waals surface area contributed by atoms with Gasteiger partial charge in [-0.2, -0.15) is 4.31 Å². The summed E-state index contributed by atoms with van der Waals surface area (Å²) in [5.41, 5.74) is 0.589. The van der Waals surface area contributed by atoms with Crippen LogP contribution in [-0.2, 0) is 44.5 Å². The molecule has 0 saturated carbocycles. The smallest absolute Gasteiger partial charge is 0.407 e. The number of nitrogens with one attached hydrogen (secondary N) is 1. The van der Waals surface area contributed by atoms with Gasteiger partial charge in [0.2, 0.25) is 10.0 Å². The maximum absolute atomic E-state index is 13.8. The fourth-order valence-corrected chi connectivity index (χ4v) is 8.10. The molecular weight excluding hydrogens is 699 g/mol. The molecule has 0 bridgehead atoms. The molecule has 2 heterocycles. The number of aliphatic carboxylic acids is 1. The van der Waals surface area contributed by atoms with Crippen molar-refractivity contribution in [3.8, 4) is 11.5 Å². The minimum atomic E-state index is -4.39. The molecule has 0 spiro atoms. The highest BCUT2D eigenvalue weighted by molar-refractivity contribution is 7.89. The van der Waals surface area contributed by atoms with Crippen molar-refractivity contribution in [1.29, 1.82) is 0 Å². The number of benzene rings is 2. The zero-order chi connectivity index (χ0) is 36.6. The number of methoxy groups -OCH3 is 1. The Morgan fingerprint density at radius 1 is 1.04 bits per heavy atom. The van der Waals surface area contributed by atoms with Crippen LogP contribution in [0.2, 0.25) is 0 Å². The molecule has 2 aromatic rings. The van der Waals surface area contributed by atoms with E-state index in [1.807, 2.05) is 13.8 Å². The Bertz CT molecular complexity index is 1590. The number of hydrogen-bond donors (Lipinski definition) is 4. The molecule has 2 aliphatic rings. The molecule has 2 aromatic carbocycles. The number of rotatable bonds is 18. The van der Waals surface area contributed by atoms with Gasteiger partial charge >= 0.3 is 19.7 Å². The highest BCUT2D eigenvalue weighted by Crippen LogP contribution is 2.43. The number of alkyl carbamates (subject to hydrolysis) is 1. The lowest BCUT2D eigenvalue weighted by Gasteiger charge is -2.31. The van der Waals surface area contributed by atoms with Gasteiger partial charge in [0.1, 0.15) is 17.6 Å². The van der Waals surface area contributed by atoms with E-state index in [0.717, 1.165) is 6.92 Å². The number of sulfonamides is 1. The SMILES string of the molecule is COc1ccc(S(=O)(=O)N(CC(C)C)C[C@@H](O)[C@H](Cc2ccc(OCP(=O)(O)O[C@@H](C)C(=O)O)cc2)NC(=O)O[C@H]2CO[C@H]3OCC[C@H]32)cc1. The van der Waals surface area contributed by atoms with Crippen LogP contribution in [0.4, 0.5) is 4.79 Å². The van der Waals surface area contributed by atoms with Crippen LogP contribution >= 0.6 is 7.60 Å². The number of hydrogen-bond acceptors (Lipinski definition) is 12. The summed E-state index contributed by atoms with van der Waals surface area (Å²) in [6.45, 7) is 5.17. The number of carboxylic acids is 1. The van der Waals surface area contributed by atoms with E-state index in [1.165, 1.54) is 47.8 Å². The molecule has 2 aliphatic heterocycles. The number of fused-ring (bicyclic) bond motifs is 1. The van der Waals surface area contributed by atoms with Gasteiger partial charge in [-0.1, -0.05) is 26.0 Å². The predicted molar refractivity (Wildman–Crippen MR) is 177 cm³/mol. The highest BCUT2D eigenvalue weighted by Gasteiger charge is 2.44. The summed E-state index contributed by atoms with van der Waals surface area (Å²) in [7, 11) is -7.00. The Labute approximate surface area is 291 Å². The van der Waals surface area contributed by atoms with Crippen LogP contribution in [0.25, 0.3) is 0 Å². The van der Waals surface area contributed by atoms with E-state index >= 15 is 0 Å². The first-order valence-corrected chi connectivity index (χ1v) is 19.3. The lowest BCUT2D eigenvalue weighted by atomic mass is 10.0. The van der Waals surface area contributed by atoms with Gasteiger partial charge in [0, 0.05) is 13.1 Å². The molecule has 2 saturated heterocycles. The maximum Gasteiger partial charge on any atom is 0.407 e. The van der Waals surface area contributed by atoms with Crippen LogP contribution in [0, 0.1) is 11.8 Å². The van der Waals surface area contributed by atoms with Gasteiger partial charge in [-0.15, -0.1) is 0 Å². The summed E-state index contributed by atoms with van der Waals surface area (Å²) in [5, 5.41) is 23.2. The third kappa shape index (κ3) is 10.9. The second-order valence-electron chi connectivity index (χ2n) is 12.5. The van der Waals surface area contributed by atoms with E-state index in [2.05, 4.69) is 9.84 Å². The fraction of sp³-hybridized carbons (Fsp3) is 0.562. The predicted octanol–water partition coefficient (Wildman–Crippen LogP) is 2.81. The van der Waals surface area contributed by atoms with Crippen molar-refractivity contribution in [3.05, 3.63) is 54.1 Å². The average Bonchev–Trinajstić information content (AvgIpc) is 3.68. The van der Waals surface area contributed by atoms with Crippen molar-refractivity contribution >= 4 is 29.7 Å². The van der Waals surface area contributed by atoms with Crippen molar-refractivity contribution in [1.82, 2.24) is 9.62 Å². The lowest BCUT2D eigenvalue weighted by molar-refractivity contribution is -0.144. The standard InChI is InChI=1S/C32H45N2O14PS/c1-20(2)16-34(50(41,42)25-11-9-23(43-4)10-12-25)17-28(35)27(33-32(38)47-29-18-45-31-26(29)13-14-44-31)15-22-5-7-24(8-6-22)46-19-49(39,40)48-21(3)30(36)37/h5-12,20-21,26-29,31,35H,13-19H2,1-4H3,(H,33,38)(H,36,37)(H,39,40)/t21-,26-,27-,28+,29-,31+/m0/s1. The van der Waals surface area contributed by atoms with Gasteiger partial charge in [-0.3, -0.25) is 9.09 Å². The molecule has 50 heavy (non-hydrogen) atoms. The molecule has 7 atom stereocenters. The normalized spacial score (nSPS) is 22.0. The van der Waals surface area contributed by atoms with E-state index in [9.17, 15) is 32.6 Å². The van der Waals surface area contributed by atoms with Crippen LogP contribution < -0.4 is 14.8 Å². The Kier molecular flexibility index (Phi) is 13.7. The number of carboxylic acid groups (broad SMARTS) is 1. The first-order valence-electron chi connectivity index (χ1n) is 16.1. The summed E-state index contributed by atoms with van der Waals surface area (Å²) in [5.74, 6) is -0.984. The third-order valence-electron chi connectivity index (χ3n) is 8.11. The average molecular weight is 745 g/mol. The topological polar surface area (TPSA) is 217 Å². The first-order chi connectivity index (χ1) is 23.6.